The molecule has 0 spiro atoms. The molecule has 1 aromatic carbocycles. The second kappa shape index (κ2) is 5.86. The molecule has 0 heterocycles. The summed E-state index contributed by atoms with van der Waals surface area (Å²) < 4.78 is 0. The van der Waals surface area contributed by atoms with Gasteiger partial charge in [0.25, 0.3) is 0 Å². The van der Waals surface area contributed by atoms with Gasteiger partial charge in [-0.2, -0.15) is 0 Å². The van der Waals surface area contributed by atoms with Crippen molar-refractivity contribution in [2.75, 3.05) is 5.32 Å². The van der Waals surface area contributed by atoms with E-state index >= 15 is 0 Å². The molecule has 0 aliphatic heterocycles. The van der Waals surface area contributed by atoms with Crippen LogP contribution in [0.4, 0.5) is 5.69 Å². The zero-order valence-electron chi connectivity index (χ0n) is 12.6. The second-order valence-electron chi connectivity index (χ2n) is 6.64. The number of phenols is 1. The molecular weight excluding hydrogens is 250 g/mol. The monoisotopic (exact) mass is 275 g/mol. The Labute approximate surface area is 121 Å². The molecule has 0 unspecified atom stereocenters. The molecule has 110 valence electrons. The minimum atomic E-state index is -0.261. The third-order valence-electron chi connectivity index (χ3n) is 4.75. The van der Waals surface area contributed by atoms with Gasteiger partial charge in [0.15, 0.2) is 0 Å². The van der Waals surface area contributed by atoms with E-state index in [9.17, 15) is 9.90 Å². The molecule has 2 rings (SSSR count). The van der Waals surface area contributed by atoms with Crippen LogP contribution in [0.15, 0.2) is 24.3 Å². The third kappa shape index (κ3) is 3.33. The van der Waals surface area contributed by atoms with E-state index in [0.717, 1.165) is 37.3 Å². The molecule has 1 aliphatic rings. The molecule has 20 heavy (non-hydrogen) atoms. The molecule has 0 aromatic heterocycles. The maximum absolute atomic E-state index is 12.5. The molecule has 1 amide bonds. The Bertz CT molecular complexity index is 456. The highest BCUT2D eigenvalue weighted by atomic mass is 16.3. The van der Waals surface area contributed by atoms with E-state index in [1.807, 2.05) is 0 Å². The number of nitrogens with one attached hydrogen (secondary N) is 1. The summed E-state index contributed by atoms with van der Waals surface area (Å²) in [6, 6.07) is 6.65. The first kappa shape index (κ1) is 14.9. The number of hydrogen-bond acceptors (Lipinski definition) is 2. The highest BCUT2D eigenvalue weighted by molar-refractivity contribution is 5.95. The number of anilines is 1. The van der Waals surface area contributed by atoms with Crippen LogP contribution in [0.1, 0.15) is 46.5 Å². The number of phenolic OH excluding ortho intramolecular Hbond substituents is 1. The lowest BCUT2D eigenvalue weighted by Crippen LogP contribution is -2.37. The van der Waals surface area contributed by atoms with Gasteiger partial charge in [-0.1, -0.05) is 20.8 Å². The van der Waals surface area contributed by atoms with Gasteiger partial charge in [-0.05, 0) is 61.8 Å². The highest BCUT2D eigenvalue weighted by Crippen LogP contribution is 2.41. The number of rotatable bonds is 3. The van der Waals surface area contributed by atoms with Crippen molar-refractivity contribution in [2.24, 2.45) is 17.3 Å². The number of benzene rings is 1. The highest BCUT2D eigenvalue weighted by Gasteiger charge is 2.38. The van der Waals surface area contributed by atoms with Crippen LogP contribution in [0, 0.1) is 17.3 Å². The van der Waals surface area contributed by atoms with Crippen LogP contribution in [-0.2, 0) is 4.79 Å². The molecule has 1 saturated carbocycles. The second-order valence-corrected chi connectivity index (χ2v) is 6.64. The Balaban J connectivity index is 1.97. The van der Waals surface area contributed by atoms with Crippen LogP contribution in [-0.4, -0.2) is 11.0 Å². The molecule has 3 nitrogen and oxygen atoms in total. The van der Waals surface area contributed by atoms with Gasteiger partial charge in [0, 0.05) is 11.1 Å². The van der Waals surface area contributed by atoms with Gasteiger partial charge in [-0.3, -0.25) is 4.79 Å². The number of carbonyl (C=O) groups excluding carboxylic acids is 1. The average molecular weight is 275 g/mol. The first-order valence-electron chi connectivity index (χ1n) is 7.51. The first-order valence-corrected chi connectivity index (χ1v) is 7.51. The van der Waals surface area contributed by atoms with E-state index in [1.165, 1.54) is 0 Å². The Morgan fingerprint density at radius 2 is 1.80 bits per heavy atom. The van der Waals surface area contributed by atoms with E-state index in [4.69, 9.17) is 0 Å². The molecular formula is C17H25NO2. The van der Waals surface area contributed by atoms with Gasteiger partial charge >= 0.3 is 0 Å². The molecule has 0 radical (unpaired) electrons. The van der Waals surface area contributed by atoms with Crippen molar-refractivity contribution in [3.8, 4) is 5.75 Å². The van der Waals surface area contributed by atoms with E-state index in [0.29, 0.717) is 5.92 Å². The minimum absolute atomic E-state index is 0.102. The average Bonchev–Trinajstić information content (AvgIpc) is 2.42. The summed E-state index contributed by atoms with van der Waals surface area (Å²) in [5.74, 6) is 1.78. The molecule has 3 heteroatoms. The van der Waals surface area contributed by atoms with Gasteiger partial charge in [0.2, 0.25) is 5.91 Å². The minimum Gasteiger partial charge on any atom is -0.508 e. The standard InChI is InChI=1S/C17H25NO2/c1-12(2)13-8-10-17(3,11-9-13)16(20)18-14-4-6-15(19)7-5-14/h4-7,12-13,19H,8-11H2,1-3H3,(H,18,20). The molecule has 1 fully saturated rings. The summed E-state index contributed by atoms with van der Waals surface area (Å²) in [5.41, 5.74) is 0.489. The van der Waals surface area contributed by atoms with Gasteiger partial charge in [-0.15, -0.1) is 0 Å². The zero-order chi connectivity index (χ0) is 14.8. The lowest BCUT2D eigenvalue weighted by Gasteiger charge is -2.37. The summed E-state index contributed by atoms with van der Waals surface area (Å²) >= 11 is 0. The topological polar surface area (TPSA) is 49.3 Å². The van der Waals surface area contributed by atoms with Gasteiger partial charge in [0.1, 0.15) is 5.75 Å². The van der Waals surface area contributed by atoms with Crippen molar-refractivity contribution in [1.29, 1.82) is 0 Å². The Hall–Kier alpha value is -1.51. The zero-order valence-corrected chi connectivity index (χ0v) is 12.6. The number of carbonyl (C=O) groups is 1. The normalized spacial score (nSPS) is 26.5. The summed E-state index contributed by atoms with van der Waals surface area (Å²) in [4.78, 5) is 12.5. The summed E-state index contributed by atoms with van der Waals surface area (Å²) in [7, 11) is 0. The lowest BCUT2D eigenvalue weighted by molar-refractivity contribution is -0.127. The summed E-state index contributed by atoms with van der Waals surface area (Å²) in [6.45, 7) is 6.60. The molecule has 0 bridgehead atoms. The third-order valence-corrected chi connectivity index (χ3v) is 4.75. The smallest absolute Gasteiger partial charge is 0.230 e. The van der Waals surface area contributed by atoms with Crippen molar-refractivity contribution in [2.45, 2.75) is 46.5 Å². The van der Waals surface area contributed by atoms with Crippen LogP contribution in [0.5, 0.6) is 5.75 Å². The Morgan fingerprint density at radius 1 is 1.25 bits per heavy atom. The summed E-state index contributed by atoms with van der Waals surface area (Å²) in [6.07, 6.45) is 4.19. The fourth-order valence-electron chi connectivity index (χ4n) is 3.00. The molecule has 0 atom stereocenters. The van der Waals surface area contributed by atoms with Crippen LogP contribution >= 0.6 is 0 Å². The molecule has 0 saturated heterocycles. The van der Waals surface area contributed by atoms with Crippen molar-refractivity contribution in [1.82, 2.24) is 0 Å². The van der Waals surface area contributed by atoms with Crippen LogP contribution < -0.4 is 5.32 Å². The Morgan fingerprint density at radius 3 is 2.30 bits per heavy atom. The van der Waals surface area contributed by atoms with E-state index < -0.39 is 0 Å². The molecule has 1 aliphatic carbocycles. The largest absolute Gasteiger partial charge is 0.508 e. The fraction of sp³-hybridized carbons (Fsp3) is 0.588. The SMILES string of the molecule is CC(C)C1CCC(C)(C(=O)Nc2ccc(O)cc2)CC1. The molecule has 2 N–H and O–H groups in total. The van der Waals surface area contributed by atoms with Gasteiger partial charge < -0.3 is 10.4 Å². The summed E-state index contributed by atoms with van der Waals surface area (Å²) in [5, 5.41) is 12.2. The van der Waals surface area contributed by atoms with Crippen molar-refractivity contribution in [3.05, 3.63) is 24.3 Å². The van der Waals surface area contributed by atoms with Crippen molar-refractivity contribution >= 4 is 11.6 Å². The van der Waals surface area contributed by atoms with Crippen LogP contribution in [0.2, 0.25) is 0 Å². The van der Waals surface area contributed by atoms with Crippen molar-refractivity contribution < 1.29 is 9.90 Å². The van der Waals surface area contributed by atoms with Crippen molar-refractivity contribution in [3.63, 3.8) is 0 Å². The first-order chi connectivity index (χ1) is 9.40. The van der Waals surface area contributed by atoms with E-state index in [1.54, 1.807) is 24.3 Å². The van der Waals surface area contributed by atoms with E-state index in [2.05, 4.69) is 26.1 Å². The Kier molecular flexibility index (Phi) is 4.36. The fourth-order valence-corrected chi connectivity index (χ4v) is 3.00. The van der Waals surface area contributed by atoms with Crippen LogP contribution in [0.3, 0.4) is 0 Å². The maximum Gasteiger partial charge on any atom is 0.230 e. The lowest BCUT2D eigenvalue weighted by atomic mass is 9.68. The van der Waals surface area contributed by atoms with Crippen LogP contribution in [0.25, 0.3) is 0 Å². The maximum atomic E-state index is 12.5. The number of amides is 1. The number of hydrogen-bond donors (Lipinski definition) is 2. The van der Waals surface area contributed by atoms with Gasteiger partial charge in [0.05, 0.1) is 0 Å². The molecule has 1 aromatic rings. The predicted octanol–water partition coefficient (Wildman–Crippen LogP) is 4.18. The quantitative estimate of drug-likeness (QED) is 0.813. The number of aromatic hydroxyl groups is 1. The predicted molar refractivity (Wildman–Crippen MR) is 81.6 cm³/mol. The van der Waals surface area contributed by atoms with E-state index in [-0.39, 0.29) is 17.1 Å². The van der Waals surface area contributed by atoms with Gasteiger partial charge in [-0.25, -0.2) is 0 Å².